The first-order valence-electron chi connectivity index (χ1n) is 9.61. The minimum Gasteiger partial charge on any atom is -0.351 e. The third-order valence-electron chi connectivity index (χ3n) is 4.46. The van der Waals surface area contributed by atoms with Gasteiger partial charge in [-0.2, -0.15) is 0 Å². The maximum absolute atomic E-state index is 12.3. The Kier molecular flexibility index (Phi) is 6.51. The molecular formula is C23H21N5OS. The Hall–Kier alpha value is -3.45. The Morgan fingerprint density at radius 3 is 2.37 bits per heavy atom. The van der Waals surface area contributed by atoms with E-state index in [-0.39, 0.29) is 11.7 Å². The van der Waals surface area contributed by atoms with Crippen LogP contribution in [0.1, 0.15) is 17.0 Å². The monoisotopic (exact) mass is 415 g/mol. The molecule has 2 aromatic carbocycles. The zero-order valence-corrected chi connectivity index (χ0v) is 17.1. The molecule has 0 aliphatic carbocycles. The Morgan fingerprint density at radius 2 is 1.63 bits per heavy atom. The molecule has 4 rings (SSSR count). The topological polar surface area (TPSA) is 72.7 Å². The van der Waals surface area contributed by atoms with Gasteiger partial charge in [0.05, 0.1) is 5.75 Å². The summed E-state index contributed by atoms with van der Waals surface area (Å²) in [6.07, 6.45) is 4.12. The van der Waals surface area contributed by atoms with Crippen LogP contribution in [0.5, 0.6) is 0 Å². The van der Waals surface area contributed by atoms with Crippen molar-refractivity contribution in [3.8, 4) is 5.69 Å². The Labute approximate surface area is 179 Å². The molecule has 0 fully saturated rings. The van der Waals surface area contributed by atoms with Crippen LogP contribution in [0.25, 0.3) is 5.69 Å². The summed E-state index contributed by atoms with van der Waals surface area (Å²) in [6, 6.07) is 23.9. The van der Waals surface area contributed by atoms with Gasteiger partial charge >= 0.3 is 0 Å². The lowest BCUT2D eigenvalue weighted by atomic mass is 10.1. The summed E-state index contributed by atoms with van der Waals surface area (Å²) in [4.78, 5) is 16.4. The molecule has 7 heteroatoms. The fraction of sp³-hybridized carbons (Fsp3) is 0.130. The largest absolute Gasteiger partial charge is 0.351 e. The normalized spacial score (nSPS) is 10.7. The van der Waals surface area contributed by atoms with E-state index in [2.05, 4.69) is 32.6 Å². The van der Waals surface area contributed by atoms with Crippen LogP contribution < -0.4 is 5.32 Å². The van der Waals surface area contributed by atoms with Gasteiger partial charge in [-0.15, -0.1) is 10.2 Å². The molecule has 0 saturated heterocycles. The molecule has 30 heavy (non-hydrogen) atoms. The van der Waals surface area contributed by atoms with E-state index in [9.17, 15) is 4.79 Å². The maximum atomic E-state index is 12.3. The van der Waals surface area contributed by atoms with Crippen molar-refractivity contribution in [2.75, 3.05) is 5.75 Å². The van der Waals surface area contributed by atoms with Gasteiger partial charge in [0.2, 0.25) is 5.91 Å². The summed E-state index contributed by atoms with van der Waals surface area (Å²) >= 11 is 1.38. The number of para-hydroxylation sites is 1. The van der Waals surface area contributed by atoms with Gasteiger partial charge in [-0.1, -0.05) is 66.4 Å². The van der Waals surface area contributed by atoms with Crippen molar-refractivity contribution in [2.24, 2.45) is 0 Å². The molecule has 0 atom stereocenters. The zero-order valence-electron chi connectivity index (χ0n) is 16.3. The molecule has 0 aliphatic heterocycles. The number of pyridine rings is 1. The molecule has 0 aliphatic rings. The molecule has 2 heterocycles. The summed E-state index contributed by atoms with van der Waals surface area (Å²) in [5.41, 5.74) is 3.10. The number of carbonyl (C=O) groups is 1. The predicted octanol–water partition coefficient (Wildman–Crippen LogP) is 3.66. The minimum absolute atomic E-state index is 0.0592. The Balaban J connectivity index is 1.48. The average Bonchev–Trinajstić information content (AvgIpc) is 3.20. The highest BCUT2D eigenvalue weighted by molar-refractivity contribution is 7.99. The summed E-state index contributed by atoms with van der Waals surface area (Å²) in [5.74, 6) is 1.04. The fourth-order valence-corrected chi connectivity index (χ4v) is 3.81. The van der Waals surface area contributed by atoms with E-state index in [4.69, 9.17) is 0 Å². The Bertz CT molecular complexity index is 1080. The SMILES string of the molecule is O=C(CSc1nnc(Cc2ccccc2)n1-c1ccccc1)NCc1cccnc1. The number of nitrogens with one attached hydrogen (secondary N) is 1. The van der Waals surface area contributed by atoms with Crippen molar-refractivity contribution in [1.82, 2.24) is 25.1 Å². The van der Waals surface area contributed by atoms with Crippen LogP contribution in [-0.2, 0) is 17.8 Å². The van der Waals surface area contributed by atoms with E-state index in [1.165, 1.54) is 11.8 Å². The molecule has 0 unspecified atom stereocenters. The van der Waals surface area contributed by atoms with Crippen molar-refractivity contribution in [2.45, 2.75) is 18.1 Å². The van der Waals surface area contributed by atoms with Crippen LogP contribution in [0.3, 0.4) is 0 Å². The predicted molar refractivity (Wildman–Crippen MR) is 117 cm³/mol. The number of nitrogens with zero attached hydrogens (tertiary/aromatic N) is 4. The molecule has 1 amide bonds. The second-order valence-electron chi connectivity index (χ2n) is 6.66. The van der Waals surface area contributed by atoms with Crippen LogP contribution in [0.15, 0.2) is 90.3 Å². The van der Waals surface area contributed by atoms with Gasteiger partial charge in [-0.25, -0.2) is 0 Å². The molecule has 150 valence electrons. The lowest BCUT2D eigenvalue weighted by molar-refractivity contribution is -0.118. The summed E-state index contributed by atoms with van der Waals surface area (Å²) in [6.45, 7) is 0.456. The number of amides is 1. The van der Waals surface area contributed by atoms with Crippen molar-refractivity contribution in [3.05, 3.63) is 102 Å². The first kappa shape index (κ1) is 19.8. The standard InChI is InChI=1S/C23H21N5OS/c29-22(25-16-19-10-7-13-24-15-19)17-30-23-27-26-21(14-18-8-3-1-4-9-18)28(23)20-11-5-2-6-12-20/h1-13,15H,14,16-17H2,(H,25,29). The molecule has 4 aromatic rings. The minimum atomic E-state index is -0.0592. The van der Waals surface area contributed by atoms with Crippen LogP contribution in [-0.4, -0.2) is 31.4 Å². The van der Waals surface area contributed by atoms with Crippen LogP contribution in [0.4, 0.5) is 0 Å². The molecule has 0 saturated carbocycles. The average molecular weight is 416 g/mol. The van der Waals surface area contributed by atoms with Crippen molar-refractivity contribution < 1.29 is 4.79 Å². The van der Waals surface area contributed by atoms with E-state index in [0.717, 1.165) is 22.6 Å². The van der Waals surface area contributed by atoms with Gasteiger partial charge in [0, 0.05) is 31.0 Å². The molecule has 1 N–H and O–H groups in total. The van der Waals surface area contributed by atoms with E-state index >= 15 is 0 Å². The van der Waals surface area contributed by atoms with Gasteiger partial charge in [0.25, 0.3) is 0 Å². The molecule has 0 bridgehead atoms. The van der Waals surface area contributed by atoms with Gasteiger partial charge in [0.1, 0.15) is 5.82 Å². The molecule has 0 radical (unpaired) electrons. The quantitative estimate of drug-likeness (QED) is 0.445. The van der Waals surface area contributed by atoms with Crippen molar-refractivity contribution in [3.63, 3.8) is 0 Å². The number of carbonyl (C=O) groups excluding carboxylic acids is 1. The second kappa shape index (κ2) is 9.84. The summed E-state index contributed by atoms with van der Waals surface area (Å²) in [7, 11) is 0. The van der Waals surface area contributed by atoms with Crippen LogP contribution in [0, 0.1) is 0 Å². The molecular weight excluding hydrogens is 394 g/mol. The van der Waals surface area contributed by atoms with Gasteiger partial charge in [-0.05, 0) is 29.3 Å². The number of hydrogen-bond donors (Lipinski definition) is 1. The number of hydrogen-bond acceptors (Lipinski definition) is 5. The van der Waals surface area contributed by atoms with Crippen molar-refractivity contribution in [1.29, 1.82) is 0 Å². The van der Waals surface area contributed by atoms with Gasteiger partial charge in [0.15, 0.2) is 5.16 Å². The highest BCUT2D eigenvalue weighted by Gasteiger charge is 2.16. The lowest BCUT2D eigenvalue weighted by Crippen LogP contribution is -2.24. The van der Waals surface area contributed by atoms with E-state index < -0.39 is 0 Å². The molecule has 2 aromatic heterocycles. The smallest absolute Gasteiger partial charge is 0.230 e. The third kappa shape index (κ3) is 5.12. The maximum Gasteiger partial charge on any atom is 0.230 e. The number of thioether (sulfide) groups is 1. The lowest BCUT2D eigenvalue weighted by Gasteiger charge is -2.10. The van der Waals surface area contributed by atoms with Crippen molar-refractivity contribution >= 4 is 17.7 Å². The fourth-order valence-electron chi connectivity index (χ4n) is 3.01. The third-order valence-corrected chi connectivity index (χ3v) is 5.39. The van der Waals surface area contributed by atoms with E-state index in [1.807, 2.05) is 65.2 Å². The van der Waals surface area contributed by atoms with E-state index in [1.54, 1.807) is 12.4 Å². The van der Waals surface area contributed by atoms with Crippen LogP contribution in [0.2, 0.25) is 0 Å². The molecule has 0 spiro atoms. The summed E-state index contributed by atoms with van der Waals surface area (Å²) < 4.78 is 2.02. The van der Waals surface area contributed by atoms with Crippen LogP contribution >= 0.6 is 11.8 Å². The molecule has 6 nitrogen and oxygen atoms in total. The number of aromatic nitrogens is 4. The van der Waals surface area contributed by atoms with Gasteiger partial charge < -0.3 is 5.32 Å². The highest BCUT2D eigenvalue weighted by Crippen LogP contribution is 2.23. The Morgan fingerprint density at radius 1 is 0.900 bits per heavy atom. The number of rotatable bonds is 8. The number of benzene rings is 2. The second-order valence-corrected chi connectivity index (χ2v) is 7.60. The first-order valence-corrected chi connectivity index (χ1v) is 10.6. The van der Waals surface area contributed by atoms with E-state index in [0.29, 0.717) is 18.1 Å². The zero-order chi connectivity index (χ0) is 20.6. The highest BCUT2D eigenvalue weighted by atomic mass is 32.2. The summed E-state index contributed by atoms with van der Waals surface area (Å²) in [5, 5.41) is 12.4. The van der Waals surface area contributed by atoms with Gasteiger partial charge in [-0.3, -0.25) is 14.3 Å². The first-order chi connectivity index (χ1) is 14.8.